The summed E-state index contributed by atoms with van der Waals surface area (Å²) in [7, 11) is -2.90. The van der Waals surface area contributed by atoms with E-state index in [-0.39, 0.29) is 30.4 Å². The van der Waals surface area contributed by atoms with Crippen molar-refractivity contribution in [2.75, 3.05) is 13.2 Å². The van der Waals surface area contributed by atoms with Crippen molar-refractivity contribution in [2.45, 2.75) is 65.3 Å². The lowest BCUT2D eigenvalue weighted by Crippen LogP contribution is -2.66. The quantitative estimate of drug-likeness (QED) is 0.150. The van der Waals surface area contributed by atoms with E-state index in [2.05, 4.69) is 55.2 Å². The maximum atomic E-state index is 13.9. The van der Waals surface area contributed by atoms with Crippen LogP contribution < -0.4 is 10.4 Å². The average Bonchev–Trinajstić information content (AvgIpc) is 3.74. The Bertz CT molecular complexity index is 2020. The molecule has 8 nitrogen and oxygen atoms in total. The Hall–Kier alpha value is -4.81. The molecule has 1 aliphatic heterocycles. The van der Waals surface area contributed by atoms with Gasteiger partial charge in [-0.25, -0.2) is 9.69 Å². The molecule has 3 heterocycles. The summed E-state index contributed by atoms with van der Waals surface area (Å²) >= 11 is 0. The molecular weight excluding hydrogens is 674 g/mol. The number of cyclic esters (lactones) is 1. The number of carbonyl (C=O) groups is 2. The number of alkyl halides is 3. The highest BCUT2D eigenvalue weighted by Gasteiger charge is 2.50. The number of ether oxygens (including phenoxy) is 1. The highest BCUT2D eigenvalue weighted by Crippen LogP contribution is 2.40. The van der Waals surface area contributed by atoms with Gasteiger partial charge in [0.1, 0.15) is 6.61 Å². The number of hydrogen-bond donors (Lipinski definition) is 0. The van der Waals surface area contributed by atoms with Gasteiger partial charge >= 0.3 is 12.3 Å². The number of amides is 2. The van der Waals surface area contributed by atoms with Gasteiger partial charge in [-0.1, -0.05) is 107 Å². The third-order valence-corrected chi connectivity index (χ3v) is 14.9. The summed E-state index contributed by atoms with van der Waals surface area (Å²) in [6, 6.07) is 28.2. The molecule has 0 aliphatic carbocycles. The fourth-order valence-corrected chi connectivity index (χ4v) is 11.9. The van der Waals surface area contributed by atoms with Crippen molar-refractivity contribution in [1.29, 1.82) is 0 Å². The molecule has 5 aromatic rings. The summed E-state index contributed by atoms with van der Waals surface area (Å²) in [5.41, 5.74) is 3.72. The van der Waals surface area contributed by atoms with Crippen molar-refractivity contribution in [3.05, 3.63) is 125 Å². The Morgan fingerprint density at radius 1 is 0.941 bits per heavy atom. The predicted octanol–water partition coefficient (Wildman–Crippen LogP) is 7.19. The Morgan fingerprint density at radius 3 is 2.12 bits per heavy atom. The molecule has 3 aromatic carbocycles. The van der Waals surface area contributed by atoms with Gasteiger partial charge in [-0.05, 0) is 63.1 Å². The van der Waals surface area contributed by atoms with E-state index in [1.54, 1.807) is 19.9 Å². The van der Waals surface area contributed by atoms with E-state index < -0.39 is 44.2 Å². The largest absolute Gasteiger partial charge is 0.452 e. The number of imide groups is 1. The van der Waals surface area contributed by atoms with Crippen molar-refractivity contribution in [3.63, 3.8) is 0 Å². The van der Waals surface area contributed by atoms with Gasteiger partial charge in [-0.2, -0.15) is 13.2 Å². The van der Waals surface area contributed by atoms with Crippen LogP contribution in [0.15, 0.2) is 91.1 Å². The second kappa shape index (κ2) is 13.7. The number of benzene rings is 3. The van der Waals surface area contributed by atoms with E-state index in [0.29, 0.717) is 11.1 Å². The van der Waals surface area contributed by atoms with Gasteiger partial charge in [-0.15, -0.1) is 10.2 Å². The topological polar surface area (TPSA) is 86.0 Å². The molecule has 1 saturated heterocycles. The highest BCUT2D eigenvalue weighted by atomic mass is 28.4. The summed E-state index contributed by atoms with van der Waals surface area (Å²) < 4.78 is 54.5. The molecule has 0 radical (unpaired) electrons. The Balaban J connectivity index is 1.46. The van der Waals surface area contributed by atoms with Crippen molar-refractivity contribution in [2.24, 2.45) is 5.92 Å². The first-order valence-electron chi connectivity index (χ1n) is 16.9. The van der Waals surface area contributed by atoms with Gasteiger partial charge in [0.25, 0.3) is 8.32 Å². The Labute approximate surface area is 296 Å². The normalized spacial score (nSPS) is 15.2. The Kier molecular flexibility index (Phi) is 9.68. The van der Waals surface area contributed by atoms with Gasteiger partial charge < -0.3 is 9.16 Å². The molecule has 2 aromatic heterocycles. The molecule has 1 unspecified atom stereocenters. The van der Waals surface area contributed by atoms with E-state index in [1.165, 1.54) is 6.20 Å². The first-order chi connectivity index (χ1) is 24.1. The fraction of sp³-hybridized carbons (Fsp3) is 0.333. The number of pyridine rings is 1. The molecule has 12 heteroatoms. The molecule has 51 heavy (non-hydrogen) atoms. The van der Waals surface area contributed by atoms with Crippen LogP contribution in [0.2, 0.25) is 5.04 Å². The zero-order chi connectivity index (χ0) is 36.7. The third kappa shape index (κ3) is 6.58. The smallest absolute Gasteiger partial charge is 0.447 e. The van der Waals surface area contributed by atoms with Crippen LogP contribution in [0.4, 0.5) is 18.0 Å². The molecule has 2 amide bonds. The Morgan fingerprint density at radius 2 is 1.57 bits per heavy atom. The molecule has 0 saturated carbocycles. The number of aryl methyl sites for hydroxylation is 2. The van der Waals surface area contributed by atoms with Crippen LogP contribution in [-0.4, -0.2) is 53.0 Å². The zero-order valence-corrected chi connectivity index (χ0v) is 30.5. The minimum Gasteiger partial charge on any atom is -0.447 e. The maximum absolute atomic E-state index is 13.9. The number of aromatic nitrogens is 3. The second-order valence-electron chi connectivity index (χ2n) is 14.1. The minimum atomic E-state index is -4.71. The lowest BCUT2D eigenvalue weighted by Gasteiger charge is -2.43. The maximum Gasteiger partial charge on any atom is 0.452 e. The standard InChI is InChI=1S/C39H41F3N4O4Si/c1-25-17-18-28(23-29(25)24-50-51(38(4,5)6,30-13-9-7-10-14-30)31-15-11-8-12-16-31)33(27(3)35(47)46-21-22-49-37(46)48)32-19-20-45-34(26(32)2)43-44-36(45)39(40,41)42/h7-20,23,27,33H,21-22,24H2,1-6H3/t27-,33?/m1/s1. The van der Waals surface area contributed by atoms with Gasteiger partial charge in [-0.3, -0.25) is 9.20 Å². The SMILES string of the molecule is Cc1ccc(C(c2ccn3c(C(F)(F)F)nnc3c2C)[C@@H](C)C(=O)N2CCOC2=O)cc1CO[Si](c1ccccc1)(c1ccccc1)C(C)(C)C. The molecule has 1 fully saturated rings. The highest BCUT2D eigenvalue weighted by molar-refractivity contribution is 6.99. The zero-order valence-electron chi connectivity index (χ0n) is 29.5. The summed E-state index contributed by atoms with van der Waals surface area (Å²) in [6.07, 6.45) is -4.13. The van der Waals surface area contributed by atoms with Crippen LogP contribution in [0, 0.1) is 19.8 Å². The molecular formula is C39H41F3N4O4Si. The van der Waals surface area contributed by atoms with Gasteiger partial charge in [0, 0.05) is 18.0 Å². The molecule has 0 spiro atoms. The first-order valence-corrected chi connectivity index (χ1v) is 18.8. The van der Waals surface area contributed by atoms with E-state index in [4.69, 9.17) is 9.16 Å². The first kappa shape index (κ1) is 36.0. The number of rotatable bonds is 9. The predicted molar refractivity (Wildman–Crippen MR) is 190 cm³/mol. The van der Waals surface area contributed by atoms with Gasteiger partial charge in [0.2, 0.25) is 11.7 Å². The number of carbonyl (C=O) groups excluding carboxylic acids is 2. The summed E-state index contributed by atoms with van der Waals surface area (Å²) in [5, 5.41) is 9.35. The van der Waals surface area contributed by atoms with Crippen LogP contribution in [0.3, 0.4) is 0 Å². The van der Waals surface area contributed by atoms with E-state index >= 15 is 0 Å². The van der Waals surface area contributed by atoms with Gasteiger partial charge in [0.05, 0.1) is 13.2 Å². The lowest BCUT2D eigenvalue weighted by atomic mass is 9.78. The second-order valence-corrected chi connectivity index (χ2v) is 18.4. The van der Waals surface area contributed by atoms with E-state index in [1.807, 2.05) is 61.5 Å². The van der Waals surface area contributed by atoms with Crippen LogP contribution >= 0.6 is 0 Å². The molecule has 2 atom stereocenters. The minimum absolute atomic E-state index is 0.0346. The van der Waals surface area contributed by atoms with Crippen molar-refractivity contribution in [1.82, 2.24) is 19.5 Å². The number of nitrogens with zero attached hydrogens (tertiary/aromatic N) is 4. The van der Waals surface area contributed by atoms with Crippen LogP contribution in [0.5, 0.6) is 0 Å². The van der Waals surface area contributed by atoms with E-state index in [9.17, 15) is 22.8 Å². The summed E-state index contributed by atoms with van der Waals surface area (Å²) in [6.45, 7) is 12.5. The third-order valence-electron chi connectivity index (χ3n) is 9.97. The van der Waals surface area contributed by atoms with E-state index in [0.717, 1.165) is 36.4 Å². The van der Waals surface area contributed by atoms with Crippen molar-refractivity contribution < 1.29 is 31.9 Å². The molecule has 6 rings (SSSR count). The summed E-state index contributed by atoms with van der Waals surface area (Å²) in [5.74, 6) is -3.03. The number of hydrogen-bond acceptors (Lipinski definition) is 6. The molecule has 0 bridgehead atoms. The molecule has 0 N–H and O–H groups in total. The number of fused-ring (bicyclic) bond motifs is 1. The van der Waals surface area contributed by atoms with Crippen LogP contribution in [0.25, 0.3) is 5.65 Å². The monoisotopic (exact) mass is 714 g/mol. The fourth-order valence-electron chi connectivity index (χ4n) is 7.33. The molecule has 266 valence electrons. The lowest BCUT2D eigenvalue weighted by molar-refractivity contribution is -0.145. The molecule has 1 aliphatic rings. The van der Waals surface area contributed by atoms with Crippen molar-refractivity contribution >= 4 is 36.3 Å². The van der Waals surface area contributed by atoms with Crippen LogP contribution in [0.1, 0.15) is 67.3 Å². The van der Waals surface area contributed by atoms with Gasteiger partial charge in [0.15, 0.2) is 5.65 Å². The number of halogens is 3. The van der Waals surface area contributed by atoms with Crippen molar-refractivity contribution in [3.8, 4) is 0 Å². The summed E-state index contributed by atoms with van der Waals surface area (Å²) in [4.78, 5) is 27.5. The van der Waals surface area contributed by atoms with Crippen LogP contribution in [-0.2, 0) is 26.7 Å². The average molecular weight is 715 g/mol.